The van der Waals surface area contributed by atoms with Crippen LogP contribution >= 0.6 is 0 Å². The lowest BCUT2D eigenvalue weighted by molar-refractivity contribution is 0.194. The number of hydrogen-bond acceptors (Lipinski definition) is 4. The largest absolute Gasteiger partial charge is 0.391 e. The number of anilines is 1. The average molecular weight is 315 g/mol. The van der Waals surface area contributed by atoms with Gasteiger partial charge in [-0.15, -0.1) is 0 Å². The van der Waals surface area contributed by atoms with Crippen molar-refractivity contribution in [3.8, 4) is 6.07 Å². The van der Waals surface area contributed by atoms with E-state index in [1.54, 1.807) is 17.2 Å². The van der Waals surface area contributed by atoms with Crippen LogP contribution in [-0.2, 0) is 0 Å². The summed E-state index contributed by atoms with van der Waals surface area (Å²) >= 11 is 0. The van der Waals surface area contributed by atoms with E-state index < -0.39 is 17.7 Å². The van der Waals surface area contributed by atoms with Gasteiger partial charge in [0.25, 0.3) is 0 Å². The van der Waals surface area contributed by atoms with E-state index in [1.807, 2.05) is 6.92 Å². The highest BCUT2D eigenvalue weighted by atomic mass is 19.2. The minimum atomic E-state index is -0.929. The molecule has 1 aliphatic rings. The van der Waals surface area contributed by atoms with E-state index >= 15 is 0 Å². The summed E-state index contributed by atoms with van der Waals surface area (Å²) in [7, 11) is 0. The fourth-order valence-electron chi connectivity index (χ4n) is 2.98. The molecule has 6 heteroatoms. The maximum atomic E-state index is 13.5. The molecule has 23 heavy (non-hydrogen) atoms. The molecular formula is C17H15F2N3O. The van der Waals surface area contributed by atoms with Crippen LogP contribution in [0.2, 0.25) is 0 Å². The van der Waals surface area contributed by atoms with E-state index in [4.69, 9.17) is 0 Å². The van der Waals surface area contributed by atoms with Gasteiger partial charge >= 0.3 is 0 Å². The summed E-state index contributed by atoms with van der Waals surface area (Å²) in [4.78, 5) is 6.05. The van der Waals surface area contributed by atoms with Gasteiger partial charge in [-0.05, 0) is 42.7 Å². The van der Waals surface area contributed by atoms with E-state index in [-0.39, 0.29) is 12.6 Å². The molecule has 0 saturated carbocycles. The summed E-state index contributed by atoms with van der Waals surface area (Å²) in [5.74, 6) is -1.38. The monoisotopic (exact) mass is 315 g/mol. The smallest absolute Gasteiger partial charge is 0.159 e. The van der Waals surface area contributed by atoms with Crippen molar-refractivity contribution in [2.24, 2.45) is 0 Å². The Morgan fingerprint density at radius 2 is 2.09 bits per heavy atom. The van der Waals surface area contributed by atoms with Crippen molar-refractivity contribution in [1.29, 1.82) is 5.26 Å². The van der Waals surface area contributed by atoms with Gasteiger partial charge in [-0.1, -0.05) is 6.07 Å². The summed E-state index contributed by atoms with van der Waals surface area (Å²) in [6.07, 6.45) is 1.34. The summed E-state index contributed by atoms with van der Waals surface area (Å²) in [5.41, 5.74) is 1.75. The Morgan fingerprint density at radius 3 is 2.78 bits per heavy atom. The van der Waals surface area contributed by atoms with Gasteiger partial charge in [0, 0.05) is 12.7 Å². The molecule has 118 valence electrons. The number of halogens is 2. The number of pyridine rings is 1. The zero-order valence-corrected chi connectivity index (χ0v) is 12.5. The number of hydrogen-bond donors (Lipinski definition) is 1. The lowest BCUT2D eigenvalue weighted by Crippen LogP contribution is -2.26. The van der Waals surface area contributed by atoms with Crippen LogP contribution < -0.4 is 4.90 Å². The highest BCUT2D eigenvalue weighted by Gasteiger charge is 2.34. The van der Waals surface area contributed by atoms with Gasteiger partial charge < -0.3 is 10.0 Å². The van der Waals surface area contributed by atoms with Crippen LogP contribution in [0.1, 0.15) is 29.2 Å². The normalized spacial score (nSPS) is 20.6. The van der Waals surface area contributed by atoms with Crippen LogP contribution in [0, 0.1) is 29.9 Å². The zero-order valence-electron chi connectivity index (χ0n) is 12.5. The van der Waals surface area contributed by atoms with Gasteiger partial charge in [-0.2, -0.15) is 5.26 Å². The first-order valence-corrected chi connectivity index (χ1v) is 7.26. The Balaban J connectivity index is 2.06. The molecule has 0 amide bonds. The summed E-state index contributed by atoms with van der Waals surface area (Å²) in [6, 6.07) is 7.21. The van der Waals surface area contributed by atoms with Crippen molar-refractivity contribution in [1.82, 2.24) is 4.98 Å². The van der Waals surface area contributed by atoms with Crippen molar-refractivity contribution in [3.63, 3.8) is 0 Å². The molecule has 3 rings (SSSR count). The predicted octanol–water partition coefficient (Wildman–Crippen LogP) is 2.85. The SMILES string of the molecule is Cc1ccnc(N2C[C@@H](O)C[C@H]2c2ccc(F)c(F)c2)c1C#N. The van der Waals surface area contributed by atoms with Gasteiger partial charge in [0.05, 0.1) is 17.7 Å². The molecule has 1 aliphatic heterocycles. The number of aryl methyl sites for hydroxylation is 1. The topological polar surface area (TPSA) is 60.1 Å². The van der Waals surface area contributed by atoms with Gasteiger partial charge in [-0.3, -0.25) is 0 Å². The maximum absolute atomic E-state index is 13.5. The Morgan fingerprint density at radius 1 is 1.30 bits per heavy atom. The Labute approximate surface area is 132 Å². The number of nitriles is 1. The number of benzene rings is 1. The Hall–Kier alpha value is -2.52. The highest BCUT2D eigenvalue weighted by molar-refractivity contribution is 5.59. The van der Waals surface area contributed by atoms with Crippen molar-refractivity contribution in [2.75, 3.05) is 11.4 Å². The molecule has 0 aliphatic carbocycles. The Kier molecular flexibility index (Phi) is 3.97. The number of aliphatic hydroxyl groups excluding tert-OH is 1. The quantitative estimate of drug-likeness (QED) is 0.926. The van der Waals surface area contributed by atoms with Gasteiger partial charge in [0.2, 0.25) is 0 Å². The standard InChI is InChI=1S/C17H15F2N3O/c1-10-4-5-21-17(13(10)8-20)22-9-12(23)7-16(22)11-2-3-14(18)15(19)6-11/h2-6,12,16,23H,7,9H2,1H3/t12-,16-/m0/s1. The van der Waals surface area contributed by atoms with Crippen molar-refractivity contribution in [3.05, 3.63) is 58.8 Å². The van der Waals surface area contributed by atoms with Gasteiger partial charge in [-0.25, -0.2) is 13.8 Å². The molecular weight excluding hydrogens is 300 g/mol. The molecule has 2 aromatic rings. The fraction of sp³-hybridized carbons (Fsp3) is 0.294. The van der Waals surface area contributed by atoms with Crippen LogP contribution in [0.25, 0.3) is 0 Å². The summed E-state index contributed by atoms with van der Waals surface area (Å²) in [5, 5.41) is 19.4. The lowest BCUT2D eigenvalue weighted by Gasteiger charge is -2.27. The van der Waals surface area contributed by atoms with Crippen molar-refractivity contribution < 1.29 is 13.9 Å². The van der Waals surface area contributed by atoms with Crippen LogP contribution in [0.5, 0.6) is 0 Å². The van der Waals surface area contributed by atoms with Crippen molar-refractivity contribution >= 4 is 5.82 Å². The van der Waals surface area contributed by atoms with Crippen LogP contribution in [0.3, 0.4) is 0 Å². The van der Waals surface area contributed by atoms with E-state index in [0.717, 1.165) is 17.7 Å². The first-order chi connectivity index (χ1) is 11.0. The molecule has 0 unspecified atom stereocenters. The molecule has 1 fully saturated rings. The summed E-state index contributed by atoms with van der Waals surface area (Å²) in [6.45, 7) is 2.09. The van der Waals surface area contributed by atoms with Gasteiger partial charge in [0.1, 0.15) is 11.9 Å². The number of rotatable bonds is 2. The maximum Gasteiger partial charge on any atom is 0.159 e. The molecule has 2 heterocycles. The zero-order chi connectivity index (χ0) is 16.6. The third kappa shape index (κ3) is 2.76. The minimum absolute atomic E-state index is 0.287. The van der Waals surface area contributed by atoms with E-state index in [0.29, 0.717) is 23.4 Å². The molecule has 1 saturated heterocycles. The van der Waals surface area contributed by atoms with Crippen molar-refractivity contribution in [2.45, 2.75) is 25.5 Å². The molecule has 1 N–H and O–H groups in total. The van der Waals surface area contributed by atoms with E-state index in [2.05, 4.69) is 11.1 Å². The van der Waals surface area contributed by atoms with Gasteiger partial charge in [0.15, 0.2) is 11.6 Å². The second-order valence-corrected chi connectivity index (χ2v) is 5.67. The van der Waals surface area contributed by atoms with Crippen LogP contribution in [0.4, 0.5) is 14.6 Å². The summed E-state index contributed by atoms with van der Waals surface area (Å²) < 4.78 is 26.7. The third-order valence-corrected chi connectivity index (χ3v) is 4.13. The lowest BCUT2D eigenvalue weighted by atomic mass is 10.0. The second-order valence-electron chi connectivity index (χ2n) is 5.67. The third-order valence-electron chi connectivity index (χ3n) is 4.13. The number of aliphatic hydroxyl groups is 1. The molecule has 1 aromatic carbocycles. The van der Waals surface area contributed by atoms with Crippen LogP contribution in [0.15, 0.2) is 30.5 Å². The highest BCUT2D eigenvalue weighted by Crippen LogP contribution is 2.37. The number of nitrogens with zero attached hydrogens (tertiary/aromatic N) is 3. The molecule has 0 bridgehead atoms. The van der Waals surface area contributed by atoms with E-state index in [9.17, 15) is 19.1 Å². The molecule has 0 spiro atoms. The number of aromatic nitrogens is 1. The molecule has 4 nitrogen and oxygen atoms in total. The van der Waals surface area contributed by atoms with Crippen LogP contribution in [-0.4, -0.2) is 22.7 Å². The Bertz CT molecular complexity index is 788. The fourth-order valence-corrected chi connectivity index (χ4v) is 2.98. The first kappa shape index (κ1) is 15.4. The predicted molar refractivity (Wildman–Crippen MR) is 80.8 cm³/mol. The molecule has 2 atom stereocenters. The first-order valence-electron chi connectivity index (χ1n) is 7.26. The molecule has 0 radical (unpaired) electrons. The number of β-amino-alcohol motifs (C(OH)–C–C–N with tert-alkyl or cyclic N) is 1. The van der Waals surface area contributed by atoms with E-state index in [1.165, 1.54) is 6.07 Å². The minimum Gasteiger partial charge on any atom is -0.391 e. The molecule has 1 aromatic heterocycles. The average Bonchev–Trinajstić information content (AvgIpc) is 2.91. The second kappa shape index (κ2) is 5.94.